The van der Waals surface area contributed by atoms with E-state index in [2.05, 4.69) is 10.5 Å². The highest BCUT2D eigenvalue weighted by molar-refractivity contribution is 6.13. The molecule has 24 heavy (non-hydrogen) atoms. The van der Waals surface area contributed by atoms with Crippen LogP contribution in [0.5, 0.6) is 0 Å². The minimum absolute atomic E-state index is 0.259. The number of hydrogen-bond donors (Lipinski definition) is 1. The van der Waals surface area contributed by atoms with Crippen LogP contribution in [0.15, 0.2) is 77.9 Å². The van der Waals surface area contributed by atoms with Crippen molar-refractivity contribution in [2.75, 3.05) is 6.61 Å². The topological polar surface area (TPSA) is 67.8 Å². The maximum atomic E-state index is 11.8. The van der Waals surface area contributed by atoms with E-state index in [0.717, 1.165) is 23.3 Å². The number of esters is 1. The van der Waals surface area contributed by atoms with E-state index in [-0.39, 0.29) is 6.61 Å². The van der Waals surface area contributed by atoms with E-state index in [1.807, 2.05) is 60.7 Å². The molecule has 0 radical (unpaired) electrons. The van der Waals surface area contributed by atoms with Crippen molar-refractivity contribution in [1.82, 2.24) is 5.43 Å². The van der Waals surface area contributed by atoms with Gasteiger partial charge in [-0.15, -0.1) is 0 Å². The van der Waals surface area contributed by atoms with Gasteiger partial charge >= 0.3 is 5.97 Å². The van der Waals surface area contributed by atoms with Gasteiger partial charge < -0.3 is 4.74 Å². The Kier molecular flexibility index (Phi) is 6.46. The minimum atomic E-state index is -0.567. The summed E-state index contributed by atoms with van der Waals surface area (Å²) in [5, 5.41) is 4.20. The van der Waals surface area contributed by atoms with Gasteiger partial charge in [-0.05, 0) is 6.92 Å². The first-order valence-corrected chi connectivity index (χ1v) is 7.54. The van der Waals surface area contributed by atoms with Gasteiger partial charge in [-0.3, -0.25) is 4.79 Å². The summed E-state index contributed by atoms with van der Waals surface area (Å²) in [4.78, 5) is 23.0. The Morgan fingerprint density at radius 2 is 1.50 bits per heavy atom. The van der Waals surface area contributed by atoms with E-state index in [1.165, 1.54) is 0 Å². The quantitative estimate of drug-likeness (QED) is 0.385. The van der Waals surface area contributed by atoms with Gasteiger partial charge in [0.2, 0.25) is 0 Å². The summed E-state index contributed by atoms with van der Waals surface area (Å²) >= 11 is 0. The molecule has 0 unspecified atom stereocenters. The molecule has 0 atom stereocenters. The molecule has 0 fully saturated rings. The highest BCUT2D eigenvalue weighted by Crippen LogP contribution is 2.10. The van der Waals surface area contributed by atoms with E-state index in [4.69, 9.17) is 4.74 Å². The molecule has 122 valence electrons. The lowest BCUT2D eigenvalue weighted by molar-refractivity contribution is -0.137. The molecule has 0 saturated heterocycles. The second-order valence-electron chi connectivity index (χ2n) is 4.75. The number of nitrogens with zero attached hydrogens (tertiary/aromatic N) is 1. The summed E-state index contributed by atoms with van der Waals surface area (Å²) in [7, 11) is 0. The van der Waals surface area contributed by atoms with Crippen LogP contribution in [0.3, 0.4) is 0 Å². The third-order valence-electron chi connectivity index (χ3n) is 3.03. The van der Waals surface area contributed by atoms with Crippen molar-refractivity contribution >= 4 is 17.6 Å². The van der Waals surface area contributed by atoms with Crippen LogP contribution >= 0.6 is 0 Å². The van der Waals surface area contributed by atoms with Gasteiger partial charge in [0, 0.05) is 23.3 Å². The van der Waals surface area contributed by atoms with Gasteiger partial charge in [-0.1, -0.05) is 60.7 Å². The van der Waals surface area contributed by atoms with Crippen LogP contribution in [0.25, 0.3) is 0 Å². The number of nitrogens with one attached hydrogen (secondary N) is 1. The lowest BCUT2D eigenvalue weighted by atomic mass is 10.0. The average molecular weight is 322 g/mol. The fourth-order valence-corrected chi connectivity index (χ4v) is 1.97. The summed E-state index contributed by atoms with van der Waals surface area (Å²) in [5.41, 5.74) is 4.81. The molecule has 0 aliphatic rings. The number of hydrogen-bond acceptors (Lipinski definition) is 4. The molecular formula is C19H18N2O3. The summed E-state index contributed by atoms with van der Waals surface area (Å²) in [6, 6.07) is 19.1. The Morgan fingerprint density at radius 3 is 2.00 bits per heavy atom. The molecule has 2 aromatic carbocycles. The number of benzene rings is 2. The van der Waals surface area contributed by atoms with E-state index < -0.39 is 11.9 Å². The predicted molar refractivity (Wildman–Crippen MR) is 92.4 cm³/mol. The van der Waals surface area contributed by atoms with Crippen molar-refractivity contribution in [3.63, 3.8) is 0 Å². The van der Waals surface area contributed by atoms with Crippen molar-refractivity contribution in [3.8, 4) is 0 Å². The van der Waals surface area contributed by atoms with Crippen molar-refractivity contribution in [2.24, 2.45) is 5.10 Å². The van der Waals surface area contributed by atoms with Gasteiger partial charge in [-0.2, -0.15) is 5.10 Å². The zero-order valence-electron chi connectivity index (χ0n) is 13.3. The smallest absolute Gasteiger partial charge is 0.330 e. The second-order valence-corrected chi connectivity index (χ2v) is 4.75. The van der Waals surface area contributed by atoms with Crippen LogP contribution < -0.4 is 5.43 Å². The number of ether oxygens (including phenoxy) is 1. The van der Waals surface area contributed by atoms with Gasteiger partial charge in [-0.25, -0.2) is 10.2 Å². The van der Waals surface area contributed by atoms with Crippen molar-refractivity contribution in [1.29, 1.82) is 0 Å². The van der Waals surface area contributed by atoms with Crippen LogP contribution in [0.1, 0.15) is 18.1 Å². The highest BCUT2D eigenvalue weighted by atomic mass is 16.5. The Morgan fingerprint density at radius 1 is 0.958 bits per heavy atom. The molecular weight excluding hydrogens is 304 g/mol. The van der Waals surface area contributed by atoms with Crippen LogP contribution in [0.4, 0.5) is 0 Å². The van der Waals surface area contributed by atoms with Gasteiger partial charge in [0.05, 0.1) is 12.3 Å². The van der Waals surface area contributed by atoms with Crippen molar-refractivity contribution in [3.05, 3.63) is 83.9 Å². The maximum absolute atomic E-state index is 11.8. The molecule has 0 aliphatic carbocycles. The zero-order valence-corrected chi connectivity index (χ0v) is 13.3. The molecule has 0 aliphatic heterocycles. The molecule has 5 heteroatoms. The van der Waals surface area contributed by atoms with Crippen molar-refractivity contribution in [2.45, 2.75) is 6.92 Å². The van der Waals surface area contributed by atoms with Crippen LogP contribution in [0.2, 0.25) is 0 Å². The predicted octanol–water partition coefficient (Wildman–Crippen LogP) is 2.67. The fourth-order valence-electron chi connectivity index (χ4n) is 1.97. The van der Waals surface area contributed by atoms with Gasteiger partial charge in [0.1, 0.15) is 0 Å². The molecule has 0 heterocycles. The SMILES string of the molecule is CCOC(=O)C=CC(=O)NN=C(c1ccccc1)c1ccccc1. The molecule has 5 nitrogen and oxygen atoms in total. The number of carbonyl (C=O) groups excluding carboxylic acids is 2. The first kappa shape index (κ1) is 17.1. The molecule has 2 rings (SSSR count). The Balaban J connectivity index is 2.18. The summed E-state index contributed by atoms with van der Waals surface area (Å²) in [6.07, 6.45) is 2.16. The fraction of sp³-hybridized carbons (Fsp3) is 0.105. The van der Waals surface area contributed by atoms with Crippen molar-refractivity contribution < 1.29 is 14.3 Å². The molecule has 0 saturated carbocycles. The molecule has 2 aromatic rings. The van der Waals surface area contributed by atoms with Gasteiger partial charge in [0.25, 0.3) is 5.91 Å². The summed E-state index contributed by atoms with van der Waals surface area (Å²) < 4.78 is 4.71. The highest BCUT2D eigenvalue weighted by Gasteiger charge is 2.07. The Hall–Kier alpha value is -3.21. The number of rotatable bonds is 6. The molecule has 0 spiro atoms. The summed E-state index contributed by atoms with van der Waals surface area (Å²) in [5.74, 6) is -1.07. The van der Waals surface area contributed by atoms with E-state index in [1.54, 1.807) is 6.92 Å². The monoisotopic (exact) mass is 322 g/mol. The molecule has 0 bridgehead atoms. The normalized spacial score (nSPS) is 10.2. The van der Waals surface area contributed by atoms with Crippen LogP contribution in [-0.2, 0) is 14.3 Å². The maximum Gasteiger partial charge on any atom is 0.330 e. The third-order valence-corrected chi connectivity index (χ3v) is 3.03. The van der Waals surface area contributed by atoms with E-state index in [9.17, 15) is 9.59 Å². The van der Waals surface area contributed by atoms with Gasteiger partial charge in [0.15, 0.2) is 0 Å². The first-order valence-electron chi connectivity index (χ1n) is 7.54. The number of amides is 1. The Labute approximate surface area is 140 Å². The van der Waals surface area contributed by atoms with Crippen LogP contribution in [-0.4, -0.2) is 24.2 Å². The standard InChI is InChI=1S/C19H18N2O3/c1-2-24-18(23)14-13-17(22)20-21-19(15-9-5-3-6-10-15)16-11-7-4-8-12-16/h3-14H,2H2,1H3,(H,20,22). The third kappa shape index (κ3) is 5.21. The molecule has 0 aromatic heterocycles. The summed E-state index contributed by atoms with van der Waals surface area (Å²) in [6.45, 7) is 1.96. The lowest BCUT2D eigenvalue weighted by Crippen LogP contribution is -2.18. The van der Waals surface area contributed by atoms with E-state index in [0.29, 0.717) is 5.71 Å². The number of hydrazone groups is 1. The second kappa shape index (κ2) is 9.05. The molecule has 1 N–H and O–H groups in total. The average Bonchev–Trinajstić information content (AvgIpc) is 2.62. The number of carbonyl (C=O) groups is 2. The minimum Gasteiger partial charge on any atom is -0.463 e. The zero-order chi connectivity index (χ0) is 17.2. The Bertz CT molecular complexity index is 696. The molecule has 1 amide bonds. The lowest BCUT2D eigenvalue weighted by Gasteiger charge is -2.07. The largest absolute Gasteiger partial charge is 0.463 e. The van der Waals surface area contributed by atoms with Crippen LogP contribution in [0, 0.1) is 0 Å². The van der Waals surface area contributed by atoms with E-state index >= 15 is 0 Å². The first-order chi connectivity index (χ1) is 11.7.